The molecule has 4 aliphatic carbocycles. The molecule has 26 heavy (non-hydrogen) atoms. The zero-order chi connectivity index (χ0) is 17.4. The molecule has 138 valence electrons. The molecule has 1 heterocycles. The highest BCUT2D eigenvalue weighted by Gasteiger charge is 2.69. The molecular formula is C23H28O2S. The molecule has 2 spiro atoms. The van der Waals surface area contributed by atoms with Crippen molar-refractivity contribution >= 4 is 17.7 Å². The maximum Gasteiger partial charge on any atom is 0.310 e. The fourth-order valence-electron chi connectivity index (χ4n) is 6.96. The number of ether oxygens (including phenoxy) is 1. The van der Waals surface area contributed by atoms with Crippen LogP contribution in [0.25, 0.3) is 0 Å². The molecular weight excluding hydrogens is 340 g/mol. The van der Waals surface area contributed by atoms with Crippen LogP contribution in [-0.4, -0.2) is 17.8 Å². The fourth-order valence-corrected chi connectivity index (χ4v) is 8.06. The minimum absolute atomic E-state index is 0.108. The van der Waals surface area contributed by atoms with Crippen LogP contribution in [-0.2, 0) is 9.53 Å². The maximum atomic E-state index is 12.8. The quantitative estimate of drug-likeness (QED) is 0.534. The predicted octanol–water partition coefficient (Wildman–Crippen LogP) is 5.32. The van der Waals surface area contributed by atoms with Crippen LogP contribution in [0.5, 0.6) is 0 Å². The van der Waals surface area contributed by atoms with Crippen molar-refractivity contribution in [3.05, 3.63) is 30.3 Å². The standard InChI is InChI=1S/C23H28O2S/c24-21-17(14-26-15-4-2-1-3-5-15)16-6-8-22(10-11-22)18-7-9-23(12-13-23)19(18)20(16)25-21/h1-5,16-20H,6-14H2/t16-,17-,18+,19-,20-/m0/s1. The van der Waals surface area contributed by atoms with Gasteiger partial charge in [-0.25, -0.2) is 0 Å². The normalized spacial score (nSPS) is 40.8. The van der Waals surface area contributed by atoms with Gasteiger partial charge in [-0.2, -0.15) is 0 Å². The average molecular weight is 369 g/mol. The maximum absolute atomic E-state index is 12.8. The Labute approximate surface area is 160 Å². The van der Waals surface area contributed by atoms with Crippen LogP contribution in [0.15, 0.2) is 35.2 Å². The molecule has 2 nitrogen and oxygen atoms in total. The topological polar surface area (TPSA) is 26.3 Å². The summed E-state index contributed by atoms with van der Waals surface area (Å²) in [4.78, 5) is 14.1. The second kappa shape index (κ2) is 5.53. The highest BCUT2D eigenvalue weighted by atomic mass is 32.2. The van der Waals surface area contributed by atoms with Crippen LogP contribution >= 0.6 is 11.8 Å². The van der Waals surface area contributed by atoms with Gasteiger partial charge in [0.2, 0.25) is 0 Å². The van der Waals surface area contributed by atoms with E-state index >= 15 is 0 Å². The first-order chi connectivity index (χ1) is 12.7. The van der Waals surface area contributed by atoms with Crippen molar-refractivity contribution in [1.29, 1.82) is 0 Å². The van der Waals surface area contributed by atoms with E-state index in [4.69, 9.17) is 4.74 Å². The molecule has 0 radical (unpaired) electrons. The van der Waals surface area contributed by atoms with Gasteiger partial charge >= 0.3 is 5.97 Å². The van der Waals surface area contributed by atoms with Crippen LogP contribution in [0, 0.1) is 34.5 Å². The van der Waals surface area contributed by atoms with Gasteiger partial charge in [-0.15, -0.1) is 11.8 Å². The van der Waals surface area contributed by atoms with Crippen molar-refractivity contribution < 1.29 is 9.53 Å². The third kappa shape index (κ3) is 2.28. The molecule has 5 atom stereocenters. The Morgan fingerprint density at radius 2 is 1.69 bits per heavy atom. The van der Waals surface area contributed by atoms with Crippen molar-refractivity contribution in [3.8, 4) is 0 Å². The summed E-state index contributed by atoms with van der Waals surface area (Å²) < 4.78 is 6.20. The first-order valence-electron chi connectivity index (χ1n) is 10.6. The Kier molecular flexibility index (Phi) is 3.41. The molecule has 1 aromatic carbocycles. The molecule has 3 heteroatoms. The summed E-state index contributed by atoms with van der Waals surface area (Å²) in [6.07, 6.45) is 11.3. The number of fused-ring (bicyclic) bond motifs is 5. The van der Waals surface area contributed by atoms with Gasteiger partial charge in [0.1, 0.15) is 6.10 Å². The zero-order valence-corrected chi connectivity index (χ0v) is 16.2. The van der Waals surface area contributed by atoms with Gasteiger partial charge in [0.15, 0.2) is 0 Å². The van der Waals surface area contributed by atoms with Crippen molar-refractivity contribution in [3.63, 3.8) is 0 Å². The number of hydrogen-bond acceptors (Lipinski definition) is 3. The molecule has 0 bridgehead atoms. The Morgan fingerprint density at radius 1 is 0.962 bits per heavy atom. The van der Waals surface area contributed by atoms with E-state index in [0.29, 0.717) is 22.7 Å². The summed E-state index contributed by atoms with van der Waals surface area (Å²) in [7, 11) is 0. The van der Waals surface area contributed by atoms with E-state index < -0.39 is 0 Å². The smallest absolute Gasteiger partial charge is 0.310 e. The SMILES string of the molecule is O=C1O[C@H]2[C@@H](CCC3(CC3)[C@@H]3CCC4(CC4)[C@H]23)[C@@H]1CSc1ccccc1. The van der Waals surface area contributed by atoms with Crippen LogP contribution in [0.4, 0.5) is 0 Å². The van der Waals surface area contributed by atoms with E-state index in [1.807, 2.05) is 11.8 Å². The number of carbonyl (C=O) groups is 1. The van der Waals surface area contributed by atoms with E-state index in [1.54, 1.807) is 0 Å². The Morgan fingerprint density at radius 3 is 2.42 bits per heavy atom. The first kappa shape index (κ1) is 16.0. The van der Waals surface area contributed by atoms with E-state index in [0.717, 1.165) is 11.7 Å². The molecule has 6 rings (SSSR count). The molecule has 4 saturated carbocycles. The summed E-state index contributed by atoms with van der Waals surface area (Å²) in [5.41, 5.74) is 1.21. The number of rotatable bonds is 3. The van der Waals surface area contributed by atoms with E-state index in [2.05, 4.69) is 30.3 Å². The van der Waals surface area contributed by atoms with Gasteiger partial charge in [0, 0.05) is 22.5 Å². The summed E-state index contributed by atoms with van der Waals surface area (Å²) in [6.45, 7) is 0. The van der Waals surface area contributed by atoms with E-state index in [-0.39, 0.29) is 18.0 Å². The highest BCUT2D eigenvalue weighted by Crippen LogP contribution is 2.75. The molecule has 5 aliphatic rings. The van der Waals surface area contributed by atoms with Crippen LogP contribution in [0.1, 0.15) is 51.4 Å². The summed E-state index contributed by atoms with van der Waals surface area (Å²) >= 11 is 1.84. The van der Waals surface area contributed by atoms with Gasteiger partial charge in [0.05, 0.1) is 5.92 Å². The van der Waals surface area contributed by atoms with Gasteiger partial charge in [-0.1, -0.05) is 18.2 Å². The van der Waals surface area contributed by atoms with Gasteiger partial charge in [-0.05, 0) is 80.2 Å². The number of carbonyl (C=O) groups excluding carboxylic acids is 1. The summed E-state index contributed by atoms with van der Waals surface area (Å²) in [5, 5.41) is 0. The Bertz CT molecular complexity index is 721. The molecule has 0 N–H and O–H groups in total. The van der Waals surface area contributed by atoms with Gasteiger partial charge in [0.25, 0.3) is 0 Å². The second-order valence-corrected chi connectivity index (χ2v) is 10.8. The lowest BCUT2D eigenvalue weighted by atomic mass is 9.74. The molecule has 5 fully saturated rings. The van der Waals surface area contributed by atoms with Crippen LogP contribution in [0.2, 0.25) is 0 Å². The number of thioether (sulfide) groups is 1. The number of esters is 1. The molecule has 0 aromatic heterocycles. The minimum atomic E-state index is 0.108. The second-order valence-electron chi connectivity index (χ2n) is 9.73. The molecule has 1 saturated heterocycles. The number of benzene rings is 1. The summed E-state index contributed by atoms with van der Waals surface area (Å²) in [6, 6.07) is 10.5. The Balaban J connectivity index is 1.27. The predicted molar refractivity (Wildman–Crippen MR) is 103 cm³/mol. The molecule has 1 aliphatic heterocycles. The Hall–Kier alpha value is -0.960. The van der Waals surface area contributed by atoms with Gasteiger partial charge in [-0.3, -0.25) is 4.79 Å². The average Bonchev–Trinajstić information content (AvgIpc) is 3.54. The van der Waals surface area contributed by atoms with E-state index in [9.17, 15) is 4.79 Å². The van der Waals surface area contributed by atoms with E-state index in [1.165, 1.54) is 56.3 Å². The zero-order valence-electron chi connectivity index (χ0n) is 15.4. The lowest BCUT2D eigenvalue weighted by molar-refractivity contribution is -0.147. The minimum Gasteiger partial charge on any atom is -0.461 e. The first-order valence-corrected chi connectivity index (χ1v) is 11.6. The number of hydrogen-bond donors (Lipinski definition) is 0. The monoisotopic (exact) mass is 368 g/mol. The van der Waals surface area contributed by atoms with Crippen molar-refractivity contribution in [2.45, 2.75) is 62.4 Å². The van der Waals surface area contributed by atoms with Crippen LogP contribution < -0.4 is 0 Å². The van der Waals surface area contributed by atoms with Crippen molar-refractivity contribution in [2.24, 2.45) is 34.5 Å². The van der Waals surface area contributed by atoms with Crippen molar-refractivity contribution in [1.82, 2.24) is 0 Å². The lowest BCUT2D eigenvalue weighted by Gasteiger charge is -2.33. The molecule has 1 aromatic rings. The molecule has 0 amide bonds. The molecule has 0 unspecified atom stereocenters. The summed E-state index contributed by atoms with van der Waals surface area (Å²) in [5.74, 6) is 3.12. The largest absolute Gasteiger partial charge is 0.461 e. The third-order valence-electron chi connectivity index (χ3n) is 8.66. The highest BCUT2D eigenvalue weighted by molar-refractivity contribution is 7.99. The third-order valence-corrected chi connectivity index (χ3v) is 9.79. The van der Waals surface area contributed by atoms with Crippen molar-refractivity contribution in [2.75, 3.05) is 5.75 Å². The van der Waals surface area contributed by atoms with Gasteiger partial charge < -0.3 is 4.74 Å². The van der Waals surface area contributed by atoms with Crippen LogP contribution in [0.3, 0.4) is 0 Å². The lowest BCUT2D eigenvalue weighted by Crippen LogP contribution is -2.35. The fraction of sp³-hybridized carbons (Fsp3) is 0.696.